The SMILES string of the molecule is COCc1c(C(C)C)nc(C(C)C)c(/C=C/C(C)(C)C)c1-c1ccc(F)cc1. The molecule has 0 aliphatic carbocycles. The molecule has 0 radical (unpaired) electrons. The van der Waals surface area contributed by atoms with E-state index in [4.69, 9.17) is 9.72 Å². The predicted octanol–water partition coefficient (Wildman–Crippen LogP) is 7.34. The summed E-state index contributed by atoms with van der Waals surface area (Å²) in [5, 5.41) is 0. The molecule has 2 aromatic rings. The van der Waals surface area contributed by atoms with Gasteiger partial charge in [0.05, 0.1) is 12.3 Å². The highest BCUT2D eigenvalue weighted by Gasteiger charge is 2.23. The fraction of sp³-hybridized carbons (Fsp3) is 0.480. The Balaban J connectivity index is 2.94. The first kappa shape index (κ1) is 22.3. The van der Waals surface area contributed by atoms with Crippen LogP contribution < -0.4 is 0 Å². The zero-order valence-electron chi connectivity index (χ0n) is 18.6. The number of allylic oxidation sites excluding steroid dienone is 1. The molecule has 2 rings (SSSR count). The molecule has 1 aromatic heterocycles. The summed E-state index contributed by atoms with van der Waals surface area (Å²) in [4.78, 5) is 5.09. The number of ether oxygens (including phenoxy) is 1. The number of pyridine rings is 1. The maximum Gasteiger partial charge on any atom is 0.123 e. The van der Waals surface area contributed by atoms with E-state index in [1.807, 2.05) is 12.1 Å². The maximum absolute atomic E-state index is 13.6. The molecular formula is C25H34FNO. The third-order valence-corrected chi connectivity index (χ3v) is 4.66. The van der Waals surface area contributed by atoms with Crippen LogP contribution in [0.5, 0.6) is 0 Å². The van der Waals surface area contributed by atoms with Crippen molar-refractivity contribution < 1.29 is 9.13 Å². The molecule has 3 heteroatoms. The van der Waals surface area contributed by atoms with Gasteiger partial charge in [0.2, 0.25) is 0 Å². The van der Waals surface area contributed by atoms with Gasteiger partial charge in [-0.05, 0) is 40.5 Å². The first-order valence-electron chi connectivity index (χ1n) is 10.1. The number of hydrogen-bond acceptors (Lipinski definition) is 2. The largest absolute Gasteiger partial charge is 0.380 e. The third-order valence-electron chi connectivity index (χ3n) is 4.66. The van der Waals surface area contributed by atoms with Gasteiger partial charge < -0.3 is 4.74 Å². The number of benzene rings is 1. The highest BCUT2D eigenvalue weighted by atomic mass is 19.1. The zero-order chi connectivity index (χ0) is 21.1. The zero-order valence-corrected chi connectivity index (χ0v) is 18.6. The Labute approximate surface area is 169 Å². The minimum atomic E-state index is -0.231. The summed E-state index contributed by atoms with van der Waals surface area (Å²) in [5.41, 5.74) is 6.46. The van der Waals surface area contributed by atoms with Crippen molar-refractivity contribution in [2.24, 2.45) is 5.41 Å². The van der Waals surface area contributed by atoms with Gasteiger partial charge in [-0.2, -0.15) is 0 Å². The van der Waals surface area contributed by atoms with Crippen molar-refractivity contribution in [1.82, 2.24) is 4.98 Å². The second-order valence-electron chi connectivity index (χ2n) is 9.10. The van der Waals surface area contributed by atoms with Crippen LogP contribution in [0.15, 0.2) is 30.3 Å². The first-order chi connectivity index (χ1) is 13.0. The lowest BCUT2D eigenvalue weighted by atomic mass is 9.86. The topological polar surface area (TPSA) is 22.1 Å². The van der Waals surface area contributed by atoms with Crippen LogP contribution in [0.4, 0.5) is 4.39 Å². The lowest BCUT2D eigenvalue weighted by molar-refractivity contribution is 0.184. The van der Waals surface area contributed by atoms with Crippen LogP contribution in [-0.4, -0.2) is 12.1 Å². The molecule has 2 nitrogen and oxygen atoms in total. The van der Waals surface area contributed by atoms with E-state index in [9.17, 15) is 4.39 Å². The van der Waals surface area contributed by atoms with Gasteiger partial charge >= 0.3 is 0 Å². The van der Waals surface area contributed by atoms with E-state index < -0.39 is 0 Å². The fourth-order valence-electron chi connectivity index (χ4n) is 3.33. The molecule has 0 saturated carbocycles. The fourth-order valence-corrected chi connectivity index (χ4v) is 3.33. The highest BCUT2D eigenvalue weighted by Crippen LogP contribution is 2.38. The number of aromatic nitrogens is 1. The van der Waals surface area contributed by atoms with E-state index in [0.717, 1.165) is 33.6 Å². The highest BCUT2D eigenvalue weighted by molar-refractivity contribution is 5.80. The Bertz CT molecular complexity index is 827. The van der Waals surface area contributed by atoms with Gasteiger partial charge in [-0.1, -0.05) is 72.8 Å². The van der Waals surface area contributed by atoms with Gasteiger partial charge in [0.15, 0.2) is 0 Å². The molecule has 0 amide bonds. The molecule has 1 heterocycles. The van der Waals surface area contributed by atoms with Crippen molar-refractivity contribution in [3.63, 3.8) is 0 Å². The molecule has 0 N–H and O–H groups in total. The van der Waals surface area contributed by atoms with Gasteiger partial charge in [0.1, 0.15) is 5.82 Å². The summed E-state index contributed by atoms with van der Waals surface area (Å²) in [5.74, 6) is 0.307. The van der Waals surface area contributed by atoms with E-state index in [1.54, 1.807) is 7.11 Å². The lowest BCUT2D eigenvalue weighted by Gasteiger charge is -2.24. The average molecular weight is 384 g/mol. The molecule has 0 fully saturated rings. The molecule has 0 aliphatic rings. The van der Waals surface area contributed by atoms with Gasteiger partial charge in [-0.15, -0.1) is 0 Å². The van der Waals surface area contributed by atoms with E-state index >= 15 is 0 Å². The summed E-state index contributed by atoms with van der Waals surface area (Å²) in [7, 11) is 1.71. The lowest BCUT2D eigenvalue weighted by Crippen LogP contribution is -2.11. The van der Waals surface area contributed by atoms with E-state index in [2.05, 4.69) is 60.6 Å². The van der Waals surface area contributed by atoms with Crippen LogP contribution in [0.25, 0.3) is 17.2 Å². The smallest absolute Gasteiger partial charge is 0.123 e. The van der Waals surface area contributed by atoms with Crippen molar-refractivity contribution in [3.05, 3.63) is 58.7 Å². The summed E-state index contributed by atoms with van der Waals surface area (Å²) in [6, 6.07) is 6.75. The molecule has 152 valence electrons. The van der Waals surface area contributed by atoms with Crippen LogP contribution in [-0.2, 0) is 11.3 Å². The Morgan fingerprint density at radius 2 is 1.57 bits per heavy atom. The van der Waals surface area contributed by atoms with Crippen LogP contribution in [0.1, 0.15) is 82.8 Å². The standard InChI is InChI=1S/C25H34FNO/c1-16(2)23-20(13-14-25(5,6)7)22(18-9-11-19(26)12-10-18)21(15-28-8)24(27-23)17(3)4/h9-14,16-17H,15H2,1-8H3/b14-13+. The molecular weight excluding hydrogens is 349 g/mol. The summed E-state index contributed by atoms with van der Waals surface area (Å²) in [6.07, 6.45) is 4.40. The molecule has 0 saturated heterocycles. The Morgan fingerprint density at radius 3 is 2.04 bits per heavy atom. The first-order valence-corrected chi connectivity index (χ1v) is 10.1. The molecule has 28 heavy (non-hydrogen) atoms. The number of rotatable bonds is 6. The Morgan fingerprint density at radius 1 is 1.00 bits per heavy atom. The van der Waals surface area contributed by atoms with Crippen LogP contribution >= 0.6 is 0 Å². The minimum absolute atomic E-state index is 0.0481. The molecule has 0 atom stereocenters. The summed E-state index contributed by atoms with van der Waals surface area (Å²) < 4.78 is 19.2. The summed E-state index contributed by atoms with van der Waals surface area (Å²) in [6.45, 7) is 15.7. The van der Waals surface area contributed by atoms with Crippen LogP contribution in [0.3, 0.4) is 0 Å². The van der Waals surface area contributed by atoms with Crippen molar-refractivity contribution in [3.8, 4) is 11.1 Å². The monoisotopic (exact) mass is 383 g/mol. The average Bonchev–Trinajstić information content (AvgIpc) is 2.59. The number of hydrogen-bond donors (Lipinski definition) is 0. The second-order valence-corrected chi connectivity index (χ2v) is 9.10. The van der Waals surface area contributed by atoms with E-state index in [-0.39, 0.29) is 23.1 Å². The van der Waals surface area contributed by atoms with Crippen molar-refractivity contribution in [2.45, 2.75) is 66.9 Å². The van der Waals surface area contributed by atoms with E-state index in [1.165, 1.54) is 12.1 Å². The molecule has 0 spiro atoms. The molecule has 0 unspecified atom stereocenters. The second kappa shape index (κ2) is 9.00. The normalized spacial score (nSPS) is 12.5. The molecule has 0 bridgehead atoms. The van der Waals surface area contributed by atoms with E-state index in [0.29, 0.717) is 6.61 Å². The quantitative estimate of drug-likeness (QED) is 0.520. The number of nitrogens with zero attached hydrogens (tertiary/aromatic N) is 1. The summed E-state index contributed by atoms with van der Waals surface area (Å²) >= 11 is 0. The Kier molecular flexibility index (Phi) is 7.16. The van der Waals surface area contributed by atoms with Crippen molar-refractivity contribution in [2.75, 3.05) is 7.11 Å². The van der Waals surface area contributed by atoms with Crippen LogP contribution in [0.2, 0.25) is 0 Å². The number of halogens is 1. The van der Waals surface area contributed by atoms with Crippen molar-refractivity contribution >= 4 is 6.08 Å². The van der Waals surface area contributed by atoms with Gasteiger partial charge in [0.25, 0.3) is 0 Å². The molecule has 1 aromatic carbocycles. The minimum Gasteiger partial charge on any atom is -0.380 e. The number of methoxy groups -OCH3 is 1. The van der Waals surface area contributed by atoms with Gasteiger partial charge in [-0.25, -0.2) is 4.39 Å². The Hall–Kier alpha value is -2.00. The van der Waals surface area contributed by atoms with Gasteiger partial charge in [-0.3, -0.25) is 4.98 Å². The predicted molar refractivity (Wildman–Crippen MR) is 117 cm³/mol. The maximum atomic E-state index is 13.6. The third kappa shape index (κ3) is 5.29. The van der Waals surface area contributed by atoms with Gasteiger partial charge in [0, 0.05) is 23.9 Å². The molecule has 0 aliphatic heterocycles. The van der Waals surface area contributed by atoms with Crippen LogP contribution in [0, 0.1) is 11.2 Å². The van der Waals surface area contributed by atoms with Crippen molar-refractivity contribution in [1.29, 1.82) is 0 Å².